The van der Waals surface area contributed by atoms with Crippen molar-refractivity contribution in [2.24, 2.45) is 0 Å². The molecule has 6 rings (SSSR count). The maximum absolute atomic E-state index is 13.7. The zero-order valence-corrected chi connectivity index (χ0v) is 28.8. The number of ether oxygens (including phenoxy) is 2. The van der Waals surface area contributed by atoms with E-state index >= 15 is 0 Å². The molecule has 0 fully saturated rings. The standard InChI is InChI=1S/C42H35N3O5S/c1-49-35-21-24-38(50-2)32(26-35)27-37(45-40(46)30-14-7-4-8-15-30)41(47)43-33-19-22-36(23-20-33)51-39(29-12-5-3-6-13-29)42(48)44-34-18-17-28-11-9-10-16-31(28)25-34/h3-27,39H,1-2H3,(H,43,47)(H,44,48)(H,45,46)/b37-27-. The molecule has 1 unspecified atom stereocenters. The van der Waals surface area contributed by atoms with Gasteiger partial charge in [0.25, 0.3) is 11.8 Å². The van der Waals surface area contributed by atoms with Crippen LogP contribution >= 0.6 is 11.8 Å². The summed E-state index contributed by atoms with van der Waals surface area (Å²) in [5.41, 5.74) is 3.01. The number of benzene rings is 6. The molecule has 3 amide bonds. The second kappa shape index (κ2) is 16.4. The third-order valence-electron chi connectivity index (χ3n) is 7.99. The molecule has 51 heavy (non-hydrogen) atoms. The van der Waals surface area contributed by atoms with Crippen LogP contribution in [0.3, 0.4) is 0 Å². The molecule has 6 aromatic rings. The number of carbonyl (C=O) groups is 3. The van der Waals surface area contributed by atoms with Crippen molar-refractivity contribution in [1.82, 2.24) is 5.32 Å². The Kier molecular flexibility index (Phi) is 11.1. The van der Waals surface area contributed by atoms with Crippen LogP contribution in [0, 0.1) is 0 Å². The average molecular weight is 694 g/mol. The van der Waals surface area contributed by atoms with Gasteiger partial charge in [0, 0.05) is 27.4 Å². The third kappa shape index (κ3) is 8.83. The predicted octanol–water partition coefficient (Wildman–Crippen LogP) is 8.74. The second-order valence-corrected chi connectivity index (χ2v) is 12.6. The van der Waals surface area contributed by atoms with Gasteiger partial charge in [-0.1, -0.05) is 78.9 Å². The molecule has 0 aliphatic heterocycles. The molecule has 0 radical (unpaired) electrons. The smallest absolute Gasteiger partial charge is 0.272 e. The number of hydrogen-bond donors (Lipinski definition) is 3. The molecule has 0 bridgehead atoms. The van der Waals surface area contributed by atoms with E-state index < -0.39 is 17.1 Å². The fourth-order valence-electron chi connectivity index (χ4n) is 5.38. The number of methoxy groups -OCH3 is 2. The third-order valence-corrected chi connectivity index (χ3v) is 9.26. The molecule has 9 heteroatoms. The van der Waals surface area contributed by atoms with Crippen LogP contribution in [0.4, 0.5) is 11.4 Å². The molecule has 8 nitrogen and oxygen atoms in total. The van der Waals surface area contributed by atoms with Crippen LogP contribution in [-0.2, 0) is 9.59 Å². The maximum atomic E-state index is 13.7. The lowest BCUT2D eigenvalue weighted by Gasteiger charge is -2.18. The van der Waals surface area contributed by atoms with Gasteiger partial charge in [0.1, 0.15) is 22.4 Å². The summed E-state index contributed by atoms with van der Waals surface area (Å²) in [7, 11) is 3.07. The summed E-state index contributed by atoms with van der Waals surface area (Å²) in [4.78, 5) is 41.4. The Morgan fingerprint density at radius 2 is 1.31 bits per heavy atom. The lowest BCUT2D eigenvalue weighted by molar-refractivity contribution is -0.116. The first-order valence-electron chi connectivity index (χ1n) is 16.1. The summed E-state index contributed by atoms with van der Waals surface area (Å²) in [6, 6.07) is 44.5. The average Bonchev–Trinajstić information content (AvgIpc) is 3.17. The molecule has 0 saturated heterocycles. The fraction of sp³-hybridized carbons (Fsp3) is 0.0714. The molecule has 0 aliphatic rings. The van der Waals surface area contributed by atoms with Crippen molar-refractivity contribution in [3.8, 4) is 11.5 Å². The van der Waals surface area contributed by atoms with Crippen molar-refractivity contribution in [1.29, 1.82) is 0 Å². The summed E-state index contributed by atoms with van der Waals surface area (Å²) >= 11 is 1.40. The Hall–Kier alpha value is -6.32. The van der Waals surface area contributed by atoms with E-state index in [1.807, 2.05) is 91.0 Å². The summed E-state index contributed by atoms with van der Waals surface area (Å²) < 4.78 is 10.9. The molecule has 0 spiro atoms. The monoisotopic (exact) mass is 693 g/mol. The first kappa shape index (κ1) is 34.5. The summed E-state index contributed by atoms with van der Waals surface area (Å²) in [5, 5.41) is 10.3. The molecule has 0 aliphatic carbocycles. The molecule has 0 heterocycles. The summed E-state index contributed by atoms with van der Waals surface area (Å²) in [6.45, 7) is 0. The molecular formula is C42H35N3O5S. The minimum Gasteiger partial charge on any atom is -0.497 e. The Balaban J connectivity index is 1.21. The Bertz CT molecular complexity index is 2190. The lowest BCUT2D eigenvalue weighted by atomic mass is 10.1. The van der Waals surface area contributed by atoms with Crippen LogP contribution in [0.15, 0.2) is 156 Å². The fourth-order valence-corrected chi connectivity index (χ4v) is 6.40. The van der Waals surface area contributed by atoms with Crippen molar-refractivity contribution in [3.63, 3.8) is 0 Å². The van der Waals surface area contributed by atoms with Crippen LogP contribution < -0.4 is 25.4 Å². The molecule has 254 valence electrons. The number of carbonyl (C=O) groups excluding carboxylic acids is 3. The van der Waals surface area contributed by atoms with E-state index in [0.717, 1.165) is 21.2 Å². The minimum absolute atomic E-state index is 0.00311. The van der Waals surface area contributed by atoms with Gasteiger partial charge in [0.05, 0.1) is 14.2 Å². The highest BCUT2D eigenvalue weighted by Crippen LogP contribution is 2.37. The van der Waals surface area contributed by atoms with Gasteiger partial charge in [0.15, 0.2) is 0 Å². The van der Waals surface area contributed by atoms with Gasteiger partial charge < -0.3 is 25.4 Å². The van der Waals surface area contributed by atoms with Gasteiger partial charge in [-0.15, -0.1) is 11.8 Å². The largest absolute Gasteiger partial charge is 0.497 e. The van der Waals surface area contributed by atoms with E-state index in [9.17, 15) is 14.4 Å². The van der Waals surface area contributed by atoms with Gasteiger partial charge in [-0.2, -0.15) is 0 Å². The van der Waals surface area contributed by atoms with Crippen LogP contribution in [0.25, 0.3) is 16.8 Å². The highest BCUT2D eigenvalue weighted by molar-refractivity contribution is 8.00. The number of fused-ring (bicyclic) bond motifs is 1. The van der Waals surface area contributed by atoms with E-state index in [2.05, 4.69) is 16.0 Å². The normalized spacial score (nSPS) is 11.7. The van der Waals surface area contributed by atoms with Gasteiger partial charge in [-0.25, -0.2) is 0 Å². The first-order chi connectivity index (χ1) is 24.9. The number of anilines is 2. The quantitative estimate of drug-likeness (QED) is 0.0875. The van der Waals surface area contributed by atoms with Crippen molar-refractivity contribution in [3.05, 3.63) is 168 Å². The number of hydrogen-bond acceptors (Lipinski definition) is 6. The van der Waals surface area contributed by atoms with E-state index in [-0.39, 0.29) is 11.6 Å². The summed E-state index contributed by atoms with van der Waals surface area (Å²) in [5.74, 6) is -0.0881. The summed E-state index contributed by atoms with van der Waals surface area (Å²) in [6.07, 6.45) is 1.54. The molecule has 0 saturated carbocycles. The first-order valence-corrected chi connectivity index (χ1v) is 17.0. The minimum atomic E-state index is -0.543. The number of thioether (sulfide) groups is 1. The predicted molar refractivity (Wildman–Crippen MR) is 204 cm³/mol. The highest BCUT2D eigenvalue weighted by atomic mass is 32.2. The second-order valence-electron chi connectivity index (χ2n) is 11.4. The van der Waals surface area contributed by atoms with Crippen molar-refractivity contribution < 1.29 is 23.9 Å². The van der Waals surface area contributed by atoms with Gasteiger partial charge in [-0.05, 0) is 89.1 Å². The van der Waals surface area contributed by atoms with Crippen molar-refractivity contribution in [2.45, 2.75) is 10.1 Å². The molecule has 1 atom stereocenters. The number of amides is 3. The van der Waals surface area contributed by atoms with Gasteiger partial charge >= 0.3 is 0 Å². The molecular weight excluding hydrogens is 659 g/mol. The molecule has 3 N–H and O–H groups in total. The maximum Gasteiger partial charge on any atom is 0.272 e. The molecule has 0 aromatic heterocycles. The van der Waals surface area contributed by atoms with E-state index in [1.54, 1.807) is 67.8 Å². The van der Waals surface area contributed by atoms with E-state index in [4.69, 9.17) is 9.47 Å². The zero-order chi connectivity index (χ0) is 35.6. The Morgan fingerprint density at radius 1 is 0.647 bits per heavy atom. The topological polar surface area (TPSA) is 106 Å². The van der Waals surface area contributed by atoms with E-state index in [0.29, 0.717) is 34.0 Å². The SMILES string of the molecule is COc1ccc(OC)c(/C=C(\NC(=O)c2ccccc2)C(=O)Nc2ccc(SC(C(=O)Nc3ccc4ccccc4c3)c3ccccc3)cc2)c1. The Labute approximate surface area is 300 Å². The van der Waals surface area contributed by atoms with Crippen LogP contribution in [0.5, 0.6) is 11.5 Å². The number of rotatable bonds is 12. The van der Waals surface area contributed by atoms with Crippen LogP contribution in [-0.4, -0.2) is 31.9 Å². The Morgan fingerprint density at radius 3 is 2.02 bits per heavy atom. The van der Waals surface area contributed by atoms with Crippen LogP contribution in [0.2, 0.25) is 0 Å². The van der Waals surface area contributed by atoms with Gasteiger partial charge in [-0.3, -0.25) is 14.4 Å². The van der Waals surface area contributed by atoms with Gasteiger partial charge in [0.2, 0.25) is 5.91 Å². The zero-order valence-electron chi connectivity index (χ0n) is 28.0. The highest BCUT2D eigenvalue weighted by Gasteiger charge is 2.23. The number of nitrogens with one attached hydrogen (secondary N) is 3. The molecule has 6 aromatic carbocycles. The van der Waals surface area contributed by atoms with Crippen LogP contribution in [0.1, 0.15) is 26.7 Å². The lowest BCUT2D eigenvalue weighted by Crippen LogP contribution is -2.30. The van der Waals surface area contributed by atoms with Crippen molar-refractivity contribution >= 4 is 57.7 Å². The van der Waals surface area contributed by atoms with Crippen molar-refractivity contribution in [2.75, 3.05) is 24.9 Å². The van der Waals surface area contributed by atoms with E-state index in [1.165, 1.54) is 18.9 Å².